The Balaban J connectivity index is 1.77. The van der Waals surface area contributed by atoms with Gasteiger partial charge in [0.05, 0.1) is 5.69 Å². The van der Waals surface area contributed by atoms with Crippen LogP contribution in [0.2, 0.25) is 0 Å². The highest BCUT2D eigenvalue weighted by molar-refractivity contribution is 6.02. The van der Waals surface area contributed by atoms with E-state index < -0.39 is 0 Å². The number of aromatic amines is 1. The van der Waals surface area contributed by atoms with Crippen molar-refractivity contribution < 1.29 is 4.79 Å². The lowest BCUT2D eigenvalue weighted by Crippen LogP contribution is -2.14. The summed E-state index contributed by atoms with van der Waals surface area (Å²) in [5.41, 5.74) is 3.04. The third-order valence-electron chi connectivity index (χ3n) is 3.03. The molecule has 0 unspecified atom stereocenters. The molecule has 1 aromatic carbocycles. The van der Waals surface area contributed by atoms with Crippen LogP contribution < -0.4 is 5.32 Å². The molecule has 3 aromatic rings. The lowest BCUT2D eigenvalue weighted by atomic mass is 10.1. The lowest BCUT2D eigenvalue weighted by molar-refractivity contribution is 0.102. The molecular weight excluding hydrogens is 264 g/mol. The molecular formula is C16H14N4O. The number of carbonyl (C=O) groups excluding carboxylic acids is 1. The number of H-pyrrole nitrogens is 1. The maximum atomic E-state index is 12.1. The summed E-state index contributed by atoms with van der Waals surface area (Å²) in [6, 6.07) is 16.9. The standard InChI is InChI=1S/C16H14N4O/c1-11-6-5-9-13(17-11)16(21)18-15-10-14(19-20-15)12-7-3-2-4-8-12/h2-10H,1H3,(H2,18,19,20,21). The van der Waals surface area contributed by atoms with E-state index in [1.165, 1.54) is 0 Å². The maximum Gasteiger partial charge on any atom is 0.275 e. The summed E-state index contributed by atoms with van der Waals surface area (Å²) in [5, 5.41) is 9.73. The van der Waals surface area contributed by atoms with Gasteiger partial charge in [-0.3, -0.25) is 9.89 Å². The van der Waals surface area contributed by atoms with Crippen LogP contribution in [-0.2, 0) is 0 Å². The van der Waals surface area contributed by atoms with Crippen LogP contribution in [-0.4, -0.2) is 21.1 Å². The quantitative estimate of drug-likeness (QED) is 0.773. The highest BCUT2D eigenvalue weighted by Crippen LogP contribution is 2.19. The van der Waals surface area contributed by atoms with Gasteiger partial charge in [0.15, 0.2) is 5.82 Å². The number of aryl methyl sites for hydroxylation is 1. The molecule has 5 nitrogen and oxygen atoms in total. The van der Waals surface area contributed by atoms with Crippen LogP contribution in [0.1, 0.15) is 16.2 Å². The molecule has 2 aromatic heterocycles. The van der Waals surface area contributed by atoms with E-state index in [-0.39, 0.29) is 5.91 Å². The minimum Gasteiger partial charge on any atom is -0.304 e. The highest BCUT2D eigenvalue weighted by Gasteiger charge is 2.10. The summed E-state index contributed by atoms with van der Waals surface area (Å²) in [4.78, 5) is 16.3. The van der Waals surface area contributed by atoms with Crippen LogP contribution in [0.5, 0.6) is 0 Å². The van der Waals surface area contributed by atoms with Crippen molar-refractivity contribution in [2.45, 2.75) is 6.92 Å². The molecule has 0 bridgehead atoms. The summed E-state index contributed by atoms with van der Waals surface area (Å²) < 4.78 is 0. The molecule has 0 fully saturated rings. The number of nitrogens with zero attached hydrogens (tertiary/aromatic N) is 2. The van der Waals surface area contributed by atoms with Gasteiger partial charge in [-0.2, -0.15) is 5.10 Å². The SMILES string of the molecule is Cc1cccc(C(=O)Nc2cc(-c3ccccc3)[nH]n2)n1. The molecule has 0 saturated heterocycles. The van der Waals surface area contributed by atoms with Gasteiger partial charge in [-0.25, -0.2) is 4.98 Å². The van der Waals surface area contributed by atoms with Crippen LogP contribution in [0.25, 0.3) is 11.3 Å². The Bertz CT molecular complexity index is 765. The number of anilines is 1. The first-order chi connectivity index (χ1) is 10.2. The Hall–Kier alpha value is -2.95. The van der Waals surface area contributed by atoms with Crippen LogP contribution >= 0.6 is 0 Å². The molecule has 21 heavy (non-hydrogen) atoms. The third-order valence-corrected chi connectivity index (χ3v) is 3.03. The zero-order valence-electron chi connectivity index (χ0n) is 11.5. The minimum absolute atomic E-state index is 0.273. The van der Waals surface area contributed by atoms with E-state index in [1.807, 2.05) is 43.3 Å². The topological polar surface area (TPSA) is 70.7 Å². The van der Waals surface area contributed by atoms with E-state index in [0.717, 1.165) is 17.0 Å². The Morgan fingerprint density at radius 2 is 1.90 bits per heavy atom. The van der Waals surface area contributed by atoms with E-state index in [2.05, 4.69) is 20.5 Å². The molecule has 0 atom stereocenters. The first-order valence-corrected chi connectivity index (χ1v) is 6.58. The molecule has 5 heteroatoms. The maximum absolute atomic E-state index is 12.1. The summed E-state index contributed by atoms with van der Waals surface area (Å²) in [6.07, 6.45) is 0. The van der Waals surface area contributed by atoms with Crippen molar-refractivity contribution in [2.75, 3.05) is 5.32 Å². The summed E-state index contributed by atoms with van der Waals surface area (Å²) in [5.74, 6) is 0.201. The number of carbonyl (C=O) groups is 1. The highest BCUT2D eigenvalue weighted by atomic mass is 16.1. The zero-order chi connectivity index (χ0) is 14.7. The van der Waals surface area contributed by atoms with Gasteiger partial charge in [-0.05, 0) is 24.6 Å². The van der Waals surface area contributed by atoms with E-state index in [1.54, 1.807) is 18.2 Å². The number of nitrogens with one attached hydrogen (secondary N) is 2. The monoisotopic (exact) mass is 278 g/mol. The second-order valence-electron chi connectivity index (χ2n) is 4.65. The number of hydrogen-bond acceptors (Lipinski definition) is 3. The van der Waals surface area contributed by atoms with E-state index in [9.17, 15) is 4.79 Å². The molecule has 1 amide bonds. The fourth-order valence-electron chi connectivity index (χ4n) is 2.00. The van der Waals surface area contributed by atoms with Crippen molar-refractivity contribution in [2.24, 2.45) is 0 Å². The second kappa shape index (κ2) is 5.58. The molecule has 0 aliphatic heterocycles. The lowest BCUT2D eigenvalue weighted by Gasteiger charge is -2.01. The predicted octanol–water partition coefficient (Wildman–Crippen LogP) is 3.03. The van der Waals surface area contributed by atoms with Gasteiger partial charge in [0, 0.05) is 11.8 Å². The number of rotatable bonds is 3. The Kier molecular flexibility index (Phi) is 3.47. The van der Waals surface area contributed by atoms with Gasteiger partial charge in [0.2, 0.25) is 0 Å². The minimum atomic E-state index is -0.273. The fourth-order valence-corrected chi connectivity index (χ4v) is 2.00. The number of hydrogen-bond donors (Lipinski definition) is 2. The molecule has 0 aliphatic rings. The van der Waals surface area contributed by atoms with Crippen molar-refractivity contribution in [1.29, 1.82) is 0 Å². The van der Waals surface area contributed by atoms with Crippen molar-refractivity contribution in [3.05, 3.63) is 66.0 Å². The number of benzene rings is 1. The van der Waals surface area contributed by atoms with Crippen molar-refractivity contribution in [3.63, 3.8) is 0 Å². The first-order valence-electron chi connectivity index (χ1n) is 6.58. The Morgan fingerprint density at radius 1 is 1.10 bits per heavy atom. The fraction of sp³-hybridized carbons (Fsp3) is 0.0625. The van der Waals surface area contributed by atoms with Crippen molar-refractivity contribution >= 4 is 11.7 Å². The molecule has 0 aliphatic carbocycles. The van der Waals surface area contributed by atoms with E-state index >= 15 is 0 Å². The number of aromatic nitrogens is 3. The van der Waals surface area contributed by atoms with Gasteiger partial charge in [0.1, 0.15) is 5.69 Å². The summed E-state index contributed by atoms with van der Waals surface area (Å²) in [7, 11) is 0. The molecule has 0 saturated carbocycles. The van der Waals surface area contributed by atoms with Crippen LogP contribution in [0.3, 0.4) is 0 Å². The molecule has 0 radical (unpaired) electrons. The normalized spacial score (nSPS) is 10.3. The number of amides is 1. The molecule has 2 N–H and O–H groups in total. The molecule has 3 rings (SSSR count). The third kappa shape index (κ3) is 2.97. The van der Waals surface area contributed by atoms with E-state index in [0.29, 0.717) is 11.5 Å². The van der Waals surface area contributed by atoms with Crippen LogP contribution in [0.15, 0.2) is 54.6 Å². The molecule has 0 spiro atoms. The van der Waals surface area contributed by atoms with Crippen molar-refractivity contribution in [1.82, 2.24) is 15.2 Å². The van der Waals surface area contributed by atoms with Gasteiger partial charge in [-0.1, -0.05) is 36.4 Å². The molecule has 104 valence electrons. The van der Waals surface area contributed by atoms with Gasteiger partial charge in [0.25, 0.3) is 5.91 Å². The zero-order valence-corrected chi connectivity index (χ0v) is 11.5. The number of pyridine rings is 1. The average molecular weight is 278 g/mol. The average Bonchev–Trinajstić information content (AvgIpc) is 2.97. The second-order valence-corrected chi connectivity index (χ2v) is 4.65. The summed E-state index contributed by atoms with van der Waals surface area (Å²) >= 11 is 0. The predicted molar refractivity (Wildman–Crippen MR) is 81.0 cm³/mol. The Labute approximate surface area is 122 Å². The van der Waals surface area contributed by atoms with Crippen LogP contribution in [0, 0.1) is 6.92 Å². The van der Waals surface area contributed by atoms with Gasteiger partial charge >= 0.3 is 0 Å². The molecule has 2 heterocycles. The van der Waals surface area contributed by atoms with Crippen LogP contribution in [0.4, 0.5) is 5.82 Å². The summed E-state index contributed by atoms with van der Waals surface area (Å²) in [6.45, 7) is 1.85. The Morgan fingerprint density at radius 3 is 2.67 bits per heavy atom. The van der Waals surface area contributed by atoms with Crippen molar-refractivity contribution in [3.8, 4) is 11.3 Å². The van der Waals surface area contributed by atoms with Gasteiger partial charge < -0.3 is 5.32 Å². The van der Waals surface area contributed by atoms with E-state index in [4.69, 9.17) is 0 Å². The first kappa shape index (κ1) is 13.1. The largest absolute Gasteiger partial charge is 0.304 e. The van der Waals surface area contributed by atoms with Gasteiger partial charge in [-0.15, -0.1) is 0 Å². The smallest absolute Gasteiger partial charge is 0.275 e.